The van der Waals surface area contributed by atoms with Crippen LogP contribution >= 0.6 is 0 Å². The average Bonchev–Trinajstić information content (AvgIpc) is 2.67. The first-order valence-electron chi connectivity index (χ1n) is 7.57. The van der Waals surface area contributed by atoms with E-state index in [0.717, 1.165) is 25.9 Å². The normalized spacial score (nSPS) is 17.7. The Morgan fingerprint density at radius 2 is 1.81 bits per heavy atom. The maximum absolute atomic E-state index is 12.7. The topological polar surface area (TPSA) is 55.5 Å². The number of para-hydroxylation sites is 2. The molecule has 112 valence electrons. The highest BCUT2D eigenvalue weighted by Crippen LogP contribution is 2.20. The number of hydrogen-bond acceptors (Lipinski definition) is 3. The number of carbonyl (C=O) groups is 1. The summed E-state index contributed by atoms with van der Waals surface area (Å²) < 4.78 is 6.68. The number of likely N-dealkylation sites (tertiary alicyclic amines) is 1. The largest absolute Gasteiger partial charge is 0.420 e. The molecule has 1 aliphatic rings. The van der Waals surface area contributed by atoms with E-state index in [9.17, 15) is 9.59 Å². The minimum absolute atomic E-state index is 0.00514. The molecule has 1 fully saturated rings. The fourth-order valence-corrected chi connectivity index (χ4v) is 3.02. The quantitative estimate of drug-likeness (QED) is 0.853. The van der Waals surface area contributed by atoms with Crippen LogP contribution in [0, 0.1) is 0 Å². The molecule has 2 heterocycles. The fourth-order valence-electron chi connectivity index (χ4n) is 3.02. The van der Waals surface area contributed by atoms with E-state index in [4.69, 9.17) is 4.42 Å². The van der Waals surface area contributed by atoms with E-state index < -0.39 is 11.8 Å². The van der Waals surface area contributed by atoms with Crippen LogP contribution in [0.2, 0.25) is 0 Å². The summed E-state index contributed by atoms with van der Waals surface area (Å²) in [5.74, 6) is -0.461. The van der Waals surface area contributed by atoms with Crippen molar-refractivity contribution in [2.45, 2.75) is 38.6 Å². The highest BCUT2D eigenvalue weighted by atomic mass is 16.4. The smallest absolute Gasteiger partial charge is 0.408 e. The maximum atomic E-state index is 12.7. The van der Waals surface area contributed by atoms with Gasteiger partial charge in [0, 0.05) is 13.1 Å². The monoisotopic (exact) mass is 288 g/mol. The van der Waals surface area contributed by atoms with Gasteiger partial charge in [0.2, 0.25) is 5.91 Å². The number of rotatable bonds is 2. The molecule has 1 saturated heterocycles. The standard InChI is InChI=1S/C16H20N2O3/c1-12(15(19)17-10-6-2-3-7-11-17)18-13-8-4-5-9-14(13)21-16(18)20/h4-5,8-9,12H,2-3,6-7,10-11H2,1H3. The van der Waals surface area contributed by atoms with Crippen molar-refractivity contribution in [3.8, 4) is 0 Å². The van der Waals surface area contributed by atoms with Crippen molar-refractivity contribution in [3.63, 3.8) is 0 Å². The number of benzene rings is 1. The Morgan fingerprint density at radius 3 is 2.52 bits per heavy atom. The van der Waals surface area contributed by atoms with E-state index in [2.05, 4.69) is 0 Å². The third-order valence-corrected chi connectivity index (χ3v) is 4.18. The zero-order valence-corrected chi connectivity index (χ0v) is 12.2. The van der Waals surface area contributed by atoms with Crippen LogP contribution in [0.15, 0.2) is 33.5 Å². The van der Waals surface area contributed by atoms with Gasteiger partial charge in [-0.1, -0.05) is 25.0 Å². The number of hydrogen-bond donors (Lipinski definition) is 0. The minimum Gasteiger partial charge on any atom is -0.408 e. The van der Waals surface area contributed by atoms with Crippen molar-refractivity contribution in [2.75, 3.05) is 13.1 Å². The lowest BCUT2D eigenvalue weighted by molar-refractivity contribution is -0.134. The number of fused-ring (bicyclic) bond motifs is 1. The molecule has 1 aromatic carbocycles. The van der Waals surface area contributed by atoms with Gasteiger partial charge in [0.15, 0.2) is 5.58 Å². The SMILES string of the molecule is CC(C(=O)N1CCCCCC1)n1c(=O)oc2ccccc21. The molecule has 1 atom stereocenters. The summed E-state index contributed by atoms with van der Waals surface area (Å²) in [4.78, 5) is 26.6. The first-order chi connectivity index (χ1) is 10.2. The summed E-state index contributed by atoms with van der Waals surface area (Å²) in [5.41, 5.74) is 1.20. The van der Waals surface area contributed by atoms with Crippen molar-refractivity contribution in [2.24, 2.45) is 0 Å². The molecule has 21 heavy (non-hydrogen) atoms. The Kier molecular flexibility index (Phi) is 3.82. The van der Waals surface area contributed by atoms with Gasteiger partial charge in [0.1, 0.15) is 6.04 Å². The lowest BCUT2D eigenvalue weighted by Crippen LogP contribution is -2.38. The molecule has 1 aliphatic heterocycles. The molecule has 5 heteroatoms. The second-order valence-electron chi connectivity index (χ2n) is 5.62. The van der Waals surface area contributed by atoms with Gasteiger partial charge in [-0.05, 0) is 31.9 Å². The van der Waals surface area contributed by atoms with E-state index in [1.165, 1.54) is 17.4 Å². The van der Waals surface area contributed by atoms with Gasteiger partial charge in [-0.25, -0.2) is 4.79 Å². The van der Waals surface area contributed by atoms with Gasteiger partial charge in [0.05, 0.1) is 5.52 Å². The Morgan fingerprint density at radius 1 is 1.14 bits per heavy atom. The van der Waals surface area contributed by atoms with Gasteiger partial charge in [-0.2, -0.15) is 0 Å². The predicted octanol–water partition coefficient (Wildman–Crippen LogP) is 2.56. The van der Waals surface area contributed by atoms with Crippen LogP contribution in [0.3, 0.4) is 0 Å². The van der Waals surface area contributed by atoms with E-state index in [1.54, 1.807) is 13.0 Å². The molecule has 1 aromatic heterocycles. The van der Waals surface area contributed by atoms with Gasteiger partial charge >= 0.3 is 5.76 Å². The average molecular weight is 288 g/mol. The number of carbonyl (C=O) groups excluding carboxylic acids is 1. The molecule has 0 saturated carbocycles. The van der Waals surface area contributed by atoms with Crippen LogP contribution in [-0.2, 0) is 4.79 Å². The molecule has 0 spiro atoms. The summed E-state index contributed by atoms with van der Waals surface area (Å²) in [6.45, 7) is 3.35. The molecule has 0 bridgehead atoms. The molecule has 3 rings (SSSR count). The molecule has 2 aromatic rings. The Balaban J connectivity index is 1.92. The molecule has 0 radical (unpaired) electrons. The van der Waals surface area contributed by atoms with Crippen LogP contribution in [0.5, 0.6) is 0 Å². The fraction of sp³-hybridized carbons (Fsp3) is 0.500. The highest BCUT2D eigenvalue weighted by molar-refractivity contribution is 5.83. The predicted molar refractivity (Wildman–Crippen MR) is 80.2 cm³/mol. The van der Waals surface area contributed by atoms with Gasteiger partial charge < -0.3 is 9.32 Å². The zero-order chi connectivity index (χ0) is 14.8. The van der Waals surface area contributed by atoms with E-state index in [1.807, 2.05) is 23.1 Å². The summed E-state index contributed by atoms with van der Waals surface area (Å²) in [7, 11) is 0. The zero-order valence-electron chi connectivity index (χ0n) is 12.2. The Bertz CT molecular complexity index is 693. The van der Waals surface area contributed by atoms with E-state index >= 15 is 0 Å². The third-order valence-electron chi connectivity index (χ3n) is 4.18. The molecular weight excluding hydrogens is 268 g/mol. The summed E-state index contributed by atoms with van der Waals surface area (Å²) >= 11 is 0. The lowest BCUT2D eigenvalue weighted by Gasteiger charge is -2.24. The van der Waals surface area contributed by atoms with Crippen LogP contribution in [0.25, 0.3) is 11.1 Å². The summed E-state index contributed by atoms with van der Waals surface area (Å²) in [6.07, 6.45) is 4.43. The van der Waals surface area contributed by atoms with Gasteiger partial charge in [-0.3, -0.25) is 9.36 Å². The Labute approximate surface area is 123 Å². The molecular formula is C16H20N2O3. The Hall–Kier alpha value is -2.04. The molecule has 1 amide bonds. The molecule has 1 unspecified atom stereocenters. The first-order valence-corrected chi connectivity index (χ1v) is 7.57. The molecule has 5 nitrogen and oxygen atoms in total. The van der Waals surface area contributed by atoms with Crippen molar-refractivity contribution in [1.82, 2.24) is 9.47 Å². The molecule has 0 N–H and O–H groups in total. The summed E-state index contributed by atoms with van der Waals surface area (Å²) in [5, 5.41) is 0. The first kappa shape index (κ1) is 13.9. The van der Waals surface area contributed by atoms with Crippen LogP contribution < -0.4 is 5.76 Å². The number of aromatic nitrogens is 1. The van der Waals surface area contributed by atoms with E-state index in [-0.39, 0.29) is 5.91 Å². The van der Waals surface area contributed by atoms with Crippen LogP contribution in [0.4, 0.5) is 0 Å². The van der Waals surface area contributed by atoms with Crippen molar-refractivity contribution >= 4 is 17.0 Å². The number of nitrogens with zero attached hydrogens (tertiary/aromatic N) is 2. The second kappa shape index (κ2) is 5.76. The minimum atomic E-state index is -0.528. The van der Waals surface area contributed by atoms with Gasteiger partial charge in [-0.15, -0.1) is 0 Å². The van der Waals surface area contributed by atoms with E-state index in [0.29, 0.717) is 11.1 Å². The highest BCUT2D eigenvalue weighted by Gasteiger charge is 2.26. The van der Waals surface area contributed by atoms with Crippen molar-refractivity contribution < 1.29 is 9.21 Å². The lowest BCUT2D eigenvalue weighted by atomic mass is 10.2. The third kappa shape index (κ3) is 2.60. The number of amides is 1. The van der Waals surface area contributed by atoms with Gasteiger partial charge in [0.25, 0.3) is 0 Å². The van der Waals surface area contributed by atoms with Crippen LogP contribution in [0.1, 0.15) is 38.6 Å². The van der Waals surface area contributed by atoms with Crippen LogP contribution in [-0.4, -0.2) is 28.5 Å². The number of oxazole rings is 1. The summed E-state index contributed by atoms with van der Waals surface area (Å²) in [6, 6.07) is 6.69. The van der Waals surface area contributed by atoms with Crippen molar-refractivity contribution in [1.29, 1.82) is 0 Å². The maximum Gasteiger partial charge on any atom is 0.420 e. The molecule has 0 aliphatic carbocycles. The van der Waals surface area contributed by atoms with Crippen molar-refractivity contribution in [3.05, 3.63) is 34.8 Å². The second-order valence-corrected chi connectivity index (χ2v) is 5.62.